The van der Waals surface area contributed by atoms with E-state index in [0.29, 0.717) is 6.54 Å². The van der Waals surface area contributed by atoms with Crippen LogP contribution in [-0.2, 0) is 6.54 Å². The summed E-state index contributed by atoms with van der Waals surface area (Å²) in [5.41, 5.74) is 6.64. The van der Waals surface area contributed by atoms with E-state index in [2.05, 4.69) is 20.8 Å². The summed E-state index contributed by atoms with van der Waals surface area (Å²) in [5.74, 6) is -0.145. The molecule has 16 heavy (non-hydrogen) atoms. The van der Waals surface area contributed by atoms with Gasteiger partial charge in [-0.05, 0) is 31.5 Å². The number of hydrogen-bond donors (Lipinski definition) is 1. The number of benzene rings is 1. The molecule has 1 unspecified atom stereocenters. The summed E-state index contributed by atoms with van der Waals surface area (Å²) >= 11 is 3.39. The van der Waals surface area contributed by atoms with E-state index in [0.717, 1.165) is 36.0 Å². The first kappa shape index (κ1) is 12.0. The average molecular weight is 287 g/mol. The summed E-state index contributed by atoms with van der Waals surface area (Å²) in [6.07, 6.45) is 2.18. The summed E-state index contributed by atoms with van der Waals surface area (Å²) in [6.45, 7) is 2.51. The molecule has 1 fully saturated rings. The highest BCUT2D eigenvalue weighted by molar-refractivity contribution is 9.10. The zero-order valence-corrected chi connectivity index (χ0v) is 10.7. The fourth-order valence-electron chi connectivity index (χ4n) is 2.14. The Hall–Kier alpha value is -0.450. The predicted octanol–water partition coefficient (Wildman–Crippen LogP) is 2.51. The molecule has 1 atom stereocenters. The molecule has 2 N–H and O–H groups in total. The quantitative estimate of drug-likeness (QED) is 0.905. The Labute approximate surface area is 104 Å². The molecule has 1 aliphatic rings. The van der Waals surface area contributed by atoms with Gasteiger partial charge in [0.15, 0.2) is 0 Å². The second-order valence-corrected chi connectivity index (χ2v) is 5.19. The molecular weight excluding hydrogens is 271 g/mol. The molecule has 2 rings (SSSR count). The molecule has 0 aliphatic carbocycles. The first-order valence-electron chi connectivity index (χ1n) is 5.57. The Morgan fingerprint density at radius 3 is 3.00 bits per heavy atom. The Bertz CT molecular complexity index is 350. The molecule has 1 aliphatic heterocycles. The van der Waals surface area contributed by atoms with Crippen molar-refractivity contribution < 1.29 is 4.39 Å². The molecule has 0 amide bonds. The molecular formula is C12H16BrFN2. The molecule has 2 nitrogen and oxygen atoms in total. The molecule has 0 radical (unpaired) electrons. The molecule has 0 saturated carbocycles. The summed E-state index contributed by atoms with van der Waals surface area (Å²) in [6, 6.07) is 5.33. The van der Waals surface area contributed by atoms with Crippen LogP contribution >= 0.6 is 15.9 Å². The minimum absolute atomic E-state index is 0.145. The van der Waals surface area contributed by atoms with Crippen LogP contribution in [0.3, 0.4) is 0 Å². The van der Waals surface area contributed by atoms with Crippen LogP contribution in [-0.4, -0.2) is 24.0 Å². The molecule has 0 bridgehead atoms. The van der Waals surface area contributed by atoms with Gasteiger partial charge >= 0.3 is 0 Å². The molecule has 1 aromatic rings. The molecule has 1 aromatic carbocycles. The second-order valence-electron chi connectivity index (χ2n) is 4.34. The first-order chi connectivity index (χ1) is 7.66. The van der Waals surface area contributed by atoms with Crippen LogP contribution in [0, 0.1) is 5.82 Å². The van der Waals surface area contributed by atoms with Crippen LogP contribution in [0.2, 0.25) is 0 Å². The third-order valence-corrected chi connectivity index (χ3v) is 3.73. The van der Waals surface area contributed by atoms with E-state index in [1.807, 2.05) is 6.07 Å². The standard InChI is InChI=1S/C12H16BrFN2/c13-11-4-1-5-12(14)10(11)8-16-6-2-3-9(15)7-16/h1,4-5,9H,2-3,6-8,15H2. The number of halogens is 2. The van der Waals surface area contributed by atoms with Gasteiger partial charge in [-0.1, -0.05) is 22.0 Å². The number of hydrogen-bond acceptors (Lipinski definition) is 2. The Kier molecular flexibility index (Phi) is 3.95. The van der Waals surface area contributed by atoms with Crippen molar-refractivity contribution in [3.8, 4) is 0 Å². The van der Waals surface area contributed by atoms with E-state index >= 15 is 0 Å². The number of likely N-dealkylation sites (tertiary alicyclic amines) is 1. The van der Waals surface area contributed by atoms with Crippen molar-refractivity contribution in [1.82, 2.24) is 4.90 Å². The van der Waals surface area contributed by atoms with Crippen LogP contribution in [0.25, 0.3) is 0 Å². The fourth-order valence-corrected chi connectivity index (χ4v) is 2.61. The van der Waals surface area contributed by atoms with Gasteiger partial charge in [0.05, 0.1) is 0 Å². The maximum atomic E-state index is 13.6. The van der Waals surface area contributed by atoms with Gasteiger partial charge in [-0.15, -0.1) is 0 Å². The Morgan fingerprint density at radius 1 is 1.50 bits per heavy atom. The third kappa shape index (κ3) is 2.81. The normalized spacial score (nSPS) is 22.3. The third-order valence-electron chi connectivity index (χ3n) is 2.99. The van der Waals surface area contributed by atoms with Crippen LogP contribution in [0.5, 0.6) is 0 Å². The largest absolute Gasteiger partial charge is 0.327 e. The van der Waals surface area contributed by atoms with E-state index in [1.54, 1.807) is 6.07 Å². The zero-order valence-electron chi connectivity index (χ0n) is 9.13. The number of rotatable bonds is 2. The van der Waals surface area contributed by atoms with Gasteiger partial charge in [-0.3, -0.25) is 4.90 Å². The summed E-state index contributed by atoms with van der Waals surface area (Å²) in [7, 11) is 0. The summed E-state index contributed by atoms with van der Waals surface area (Å²) in [4.78, 5) is 2.22. The monoisotopic (exact) mass is 286 g/mol. The first-order valence-corrected chi connectivity index (χ1v) is 6.37. The average Bonchev–Trinajstić information content (AvgIpc) is 2.24. The van der Waals surface area contributed by atoms with Crippen molar-refractivity contribution in [3.63, 3.8) is 0 Å². The lowest BCUT2D eigenvalue weighted by atomic mass is 10.1. The Balaban J connectivity index is 2.08. The lowest BCUT2D eigenvalue weighted by Gasteiger charge is -2.30. The molecule has 0 aromatic heterocycles. The molecule has 1 heterocycles. The van der Waals surface area contributed by atoms with Crippen molar-refractivity contribution in [2.24, 2.45) is 5.73 Å². The van der Waals surface area contributed by atoms with E-state index in [9.17, 15) is 4.39 Å². The predicted molar refractivity (Wildman–Crippen MR) is 66.6 cm³/mol. The number of nitrogens with zero attached hydrogens (tertiary/aromatic N) is 1. The van der Waals surface area contributed by atoms with Crippen molar-refractivity contribution in [1.29, 1.82) is 0 Å². The van der Waals surface area contributed by atoms with Crippen molar-refractivity contribution in [2.75, 3.05) is 13.1 Å². The number of nitrogens with two attached hydrogens (primary N) is 1. The molecule has 0 spiro atoms. The SMILES string of the molecule is NC1CCCN(Cc2c(F)cccc2Br)C1. The molecule has 1 saturated heterocycles. The molecule has 4 heteroatoms. The Morgan fingerprint density at radius 2 is 2.31 bits per heavy atom. The fraction of sp³-hybridized carbons (Fsp3) is 0.500. The highest BCUT2D eigenvalue weighted by Crippen LogP contribution is 2.22. The second kappa shape index (κ2) is 5.25. The van der Waals surface area contributed by atoms with Gasteiger partial charge in [-0.2, -0.15) is 0 Å². The minimum atomic E-state index is -0.145. The van der Waals surface area contributed by atoms with Gasteiger partial charge in [0.1, 0.15) is 5.82 Å². The maximum absolute atomic E-state index is 13.6. The van der Waals surface area contributed by atoms with Crippen LogP contribution in [0.4, 0.5) is 4.39 Å². The lowest BCUT2D eigenvalue weighted by Crippen LogP contribution is -2.42. The molecule has 88 valence electrons. The summed E-state index contributed by atoms with van der Waals surface area (Å²) < 4.78 is 14.5. The van der Waals surface area contributed by atoms with E-state index in [-0.39, 0.29) is 11.9 Å². The van der Waals surface area contributed by atoms with E-state index < -0.39 is 0 Å². The highest BCUT2D eigenvalue weighted by atomic mass is 79.9. The van der Waals surface area contributed by atoms with E-state index in [1.165, 1.54) is 6.07 Å². The summed E-state index contributed by atoms with van der Waals surface area (Å²) in [5, 5.41) is 0. The van der Waals surface area contributed by atoms with Crippen LogP contribution in [0.15, 0.2) is 22.7 Å². The number of piperidine rings is 1. The highest BCUT2D eigenvalue weighted by Gasteiger charge is 2.18. The van der Waals surface area contributed by atoms with E-state index in [4.69, 9.17) is 5.73 Å². The topological polar surface area (TPSA) is 29.3 Å². The van der Waals surface area contributed by atoms with Crippen molar-refractivity contribution in [2.45, 2.75) is 25.4 Å². The minimum Gasteiger partial charge on any atom is -0.327 e. The van der Waals surface area contributed by atoms with Gasteiger partial charge in [0.25, 0.3) is 0 Å². The van der Waals surface area contributed by atoms with Crippen molar-refractivity contribution in [3.05, 3.63) is 34.1 Å². The van der Waals surface area contributed by atoms with Crippen LogP contribution in [0.1, 0.15) is 18.4 Å². The van der Waals surface area contributed by atoms with Gasteiger partial charge in [0.2, 0.25) is 0 Å². The van der Waals surface area contributed by atoms with Crippen molar-refractivity contribution >= 4 is 15.9 Å². The smallest absolute Gasteiger partial charge is 0.128 e. The van der Waals surface area contributed by atoms with Gasteiger partial charge in [-0.25, -0.2) is 4.39 Å². The van der Waals surface area contributed by atoms with Gasteiger partial charge in [0, 0.05) is 29.2 Å². The van der Waals surface area contributed by atoms with Gasteiger partial charge < -0.3 is 5.73 Å². The van der Waals surface area contributed by atoms with Crippen LogP contribution < -0.4 is 5.73 Å². The lowest BCUT2D eigenvalue weighted by molar-refractivity contribution is 0.199. The maximum Gasteiger partial charge on any atom is 0.128 e. The zero-order chi connectivity index (χ0) is 11.5.